The van der Waals surface area contributed by atoms with Crippen molar-refractivity contribution in [2.45, 2.75) is 25.0 Å². The molecule has 82 valence electrons. The van der Waals surface area contributed by atoms with Crippen LogP contribution in [0.3, 0.4) is 0 Å². The minimum atomic E-state index is -0.551. The van der Waals surface area contributed by atoms with Gasteiger partial charge in [-0.1, -0.05) is 12.1 Å². The molecule has 0 aliphatic heterocycles. The molecule has 1 aliphatic carbocycles. The summed E-state index contributed by atoms with van der Waals surface area (Å²) in [5.41, 5.74) is 0.861. The molecule has 1 N–H and O–H groups in total. The Balaban J connectivity index is 1.95. The van der Waals surface area contributed by atoms with Gasteiger partial charge in [0.15, 0.2) is 0 Å². The summed E-state index contributed by atoms with van der Waals surface area (Å²) in [6, 6.07) is 7.54. The van der Waals surface area contributed by atoms with Crippen LogP contribution in [-0.2, 0) is 4.74 Å². The molecule has 0 bridgehead atoms. The molecule has 0 amide bonds. The van der Waals surface area contributed by atoms with E-state index in [9.17, 15) is 5.11 Å². The Bertz CT molecular complexity index is 303. The molecular weight excluding hydrogens is 192 g/mol. The zero-order valence-electron chi connectivity index (χ0n) is 8.85. The Morgan fingerprint density at radius 1 is 1.33 bits per heavy atom. The first-order valence-corrected chi connectivity index (χ1v) is 5.23. The summed E-state index contributed by atoms with van der Waals surface area (Å²) in [6.07, 6.45) is 2.19. The predicted octanol–water partition coefficient (Wildman–Crippen LogP) is 1.91. The lowest BCUT2D eigenvalue weighted by atomic mass is 10.1. The van der Waals surface area contributed by atoms with Gasteiger partial charge in [0, 0.05) is 7.11 Å². The van der Waals surface area contributed by atoms with Gasteiger partial charge in [0.2, 0.25) is 0 Å². The summed E-state index contributed by atoms with van der Waals surface area (Å²) < 4.78 is 10.5. The number of methoxy groups -OCH3 is 1. The Hall–Kier alpha value is -1.06. The quantitative estimate of drug-likeness (QED) is 0.803. The largest absolute Gasteiger partial charge is 0.490 e. The van der Waals surface area contributed by atoms with Gasteiger partial charge in [0.25, 0.3) is 0 Å². The predicted molar refractivity (Wildman–Crippen MR) is 56.9 cm³/mol. The van der Waals surface area contributed by atoms with Crippen LogP contribution in [0.5, 0.6) is 5.75 Å². The second kappa shape index (κ2) is 4.64. The Morgan fingerprint density at radius 3 is 2.53 bits per heavy atom. The van der Waals surface area contributed by atoms with Gasteiger partial charge in [-0.2, -0.15) is 0 Å². The van der Waals surface area contributed by atoms with Crippen LogP contribution in [-0.4, -0.2) is 24.9 Å². The van der Waals surface area contributed by atoms with Crippen molar-refractivity contribution in [1.29, 1.82) is 0 Å². The molecule has 0 spiro atoms. The van der Waals surface area contributed by atoms with Crippen LogP contribution in [0.1, 0.15) is 24.5 Å². The molecule has 15 heavy (non-hydrogen) atoms. The fraction of sp³-hybridized carbons (Fsp3) is 0.500. The van der Waals surface area contributed by atoms with Crippen molar-refractivity contribution in [2.24, 2.45) is 0 Å². The first kappa shape index (κ1) is 10.5. The second-order valence-electron chi connectivity index (χ2n) is 3.86. The molecule has 3 heteroatoms. The summed E-state index contributed by atoms with van der Waals surface area (Å²) in [4.78, 5) is 0. The SMILES string of the molecule is COCC(O)c1ccc(OC2CC2)cc1. The molecule has 2 rings (SSSR count). The highest BCUT2D eigenvalue weighted by molar-refractivity contribution is 5.29. The molecule has 0 saturated heterocycles. The Kier molecular flexibility index (Phi) is 3.23. The number of rotatable bonds is 5. The van der Waals surface area contributed by atoms with Crippen molar-refractivity contribution < 1.29 is 14.6 Å². The van der Waals surface area contributed by atoms with Crippen molar-refractivity contribution in [3.8, 4) is 5.75 Å². The smallest absolute Gasteiger partial charge is 0.119 e. The lowest BCUT2D eigenvalue weighted by Gasteiger charge is -2.10. The molecule has 1 aliphatic rings. The molecule has 1 fully saturated rings. The van der Waals surface area contributed by atoms with Gasteiger partial charge in [0.1, 0.15) is 11.9 Å². The normalized spacial score (nSPS) is 17.5. The fourth-order valence-electron chi connectivity index (χ4n) is 1.40. The number of aliphatic hydroxyl groups excluding tert-OH is 1. The zero-order chi connectivity index (χ0) is 10.7. The molecule has 3 nitrogen and oxygen atoms in total. The fourth-order valence-corrected chi connectivity index (χ4v) is 1.40. The monoisotopic (exact) mass is 208 g/mol. The van der Waals surface area contributed by atoms with E-state index in [0.717, 1.165) is 24.2 Å². The van der Waals surface area contributed by atoms with Crippen LogP contribution in [0.25, 0.3) is 0 Å². The number of benzene rings is 1. The molecule has 1 unspecified atom stereocenters. The van der Waals surface area contributed by atoms with Crippen LogP contribution in [0.4, 0.5) is 0 Å². The van der Waals surface area contributed by atoms with E-state index in [1.54, 1.807) is 7.11 Å². The number of ether oxygens (including phenoxy) is 2. The average Bonchev–Trinajstić information content (AvgIpc) is 3.03. The zero-order valence-corrected chi connectivity index (χ0v) is 8.85. The van der Waals surface area contributed by atoms with Crippen molar-refractivity contribution in [2.75, 3.05) is 13.7 Å². The van der Waals surface area contributed by atoms with Gasteiger partial charge >= 0.3 is 0 Å². The Labute approximate surface area is 89.6 Å². The molecule has 0 radical (unpaired) electrons. The summed E-state index contributed by atoms with van der Waals surface area (Å²) in [5.74, 6) is 0.880. The van der Waals surface area contributed by atoms with Gasteiger partial charge in [-0.25, -0.2) is 0 Å². The molecule has 0 aromatic heterocycles. The van der Waals surface area contributed by atoms with Gasteiger partial charge in [-0.05, 0) is 30.5 Å². The molecule has 1 aromatic carbocycles. The van der Waals surface area contributed by atoms with Crippen LogP contribution < -0.4 is 4.74 Å². The van der Waals surface area contributed by atoms with Crippen molar-refractivity contribution in [3.63, 3.8) is 0 Å². The topological polar surface area (TPSA) is 38.7 Å². The summed E-state index contributed by atoms with van der Waals surface area (Å²) in [5, 5.41) is 9.64. The first-order valence-electron chi connectivity index (χ1n) is 5.23. The highest BCUT2D eigenvalue weighted by atomic mass is 16.5. The van der Waals surface area contributed by atoms with Crippen molar-refractivity contribution >= 4 is 0 Å². The van der Waals surface area contributed by atoms with E-state index in [-0.39, 0.29) is 0 Å². The van der Waals surface area contributed by atoms with Gasteiger partial charge in [-0.3, -0.25) is 0 Å². The molecule has 1 saturated carbocycles. The van der Waals surface area contributed by atoms with Crippen LogP contribution >= 0.6 is 0 Å². The third kappa shape index (κ3) is 2.94. The van der Waals surface area contributed by atoms with Gasteiger partial charge < -0.3 is 14.6 Å². The van der Waals surface area contributed by atoms with E-state index in [1.165, 1.54) is 0 Å². The summed E-state index contributed by atoms with van der Waals surface area (Å²) in [7, 11) is 1.58. The van der Waals surface area contributed by atoms with E-state index >= 15 is 0 Å². The maximum atomic E-state index is 9.64. The lowest BCUT2D eigenvalue weighted by Crippen LogP contribution is -2.05. The van der Waals surface area contributed by atoms with Gasteiger partial charge in [-0.15, -0.1) is 0 Å². The maximum absolute atomic E-state index is 9.64. The summed E-state index contributed by atoms with van der Waals surface area (Å²) in [6.45, 7) is 0.322. The highest BCUT2D eigenvalue weighted by Crippen LogP contribution is 2.27. The minimum absolute atomic E-state index is 0.322. The standard InChI is InChI=1S/C12H16O3/c1-14-8-12(13)9-2-4-10(5-3-9)15-11-6-7-11/h2-5,11-13H,6-8H2,1H3. The van der Waals surface area contributed by atoms with Crippen LogP contribution in [0, 0.1) is 0 Å². The number of hydrogen-bond acceptors (Lipinski definition) is 3. The number of hydrogen-bond donors (Lipinski definition) is 1. The molecule has 0 heterocycles. The third-order valence-electron chi connectivity index (χ3n) is 2.42. The third-order valence-corrected chi connectivity index (χ3v) is 2.42. The molecule has 1 atom stereocenters. The van der Waals surface area contributed by atoms with Crippen molar-refractivity contribution in [1.82, 2.24) is 0 Å². The van der Waals surface area contributed by atoms with Crippen LogP contribution in [0.15, 0.2) is 24.3 Å². The lowest BCUT2D eigenvalue weighted by molar-refractivity contribution is 0.0643. The summed E-state index contributed by atoms with van der Waals surface area (Å²) >= 11 is 0. The number of aliphatic hydroxyl groups is 1. The molecular formula is C12H16O3. The van der Waals surface area contributed by atoms with Crippen molar-refractivity contribution in [3.05, 3.63) is 29.8 Å². The van der Waals surface area contributed by atoms with E-state index in [2.05, 4.69) is 0 Å². The van der Waals surface area contributed by atoms with E-state index < -0.39 is 6.10 Å². The van der Waals surface area contributed by atoms with Crippen LogP contribution in [0.2, 0.25) is 0 Å². The van der Waals surface area contributed by atoms with Gasteiger partial charge in [0.05, 0.1) is 12.7 Å². The minimum Gasteiger partial charge on any atom is -0.490 e. The first-order chi connectivity index (χ1) is 7.29. The highest BCUT2D eigenvalue weighted by Gasteiger charge is 2.23. The maximum Gasteiger partial charge on any atom is 0.119 e. The van der Waals surface area contributed by atoms with E-state index in [1.807, 2.05) is 24.3 Å². The average molecular weight is 208 g/mol. The van der Waals surface area contributed by atoms with E-state index in [4.69, 9.17) is 9.47 Å². The molecule has 1 aromatic rings. The Morgan fingerprint density at radius 2 is 2.00 bits per heavy atom. The second-order valence-corrected chi connectivity index (χ2v) is 3.86. The van der Waals surface area contributed by atoms with E-state index in [0.29, 0.717) is 12.7 Å².